The molecule has 1 radical (unpaired) electrons. The third-order valence-corrected chi connectivity index (χ3v) is 3.61. The van der Waals surface area contributed by atoms with Crippen LogP contribution in [0.4, 0.5) is 0 Å². The minimum atomic E-state index is 0.0580. The summed E-state index contributed by atoms with van der Waals surface area (Å²) in [4.78, 5) is 0. The Bertz CT molecular complexity index is 688. The zero-order valence-corrected chi connectivity index (χ0v) is 11.4. The van der Waals surface area contributed by atoms with Crippen LogP contribution in [0.5, 0.6) is 0 Å². The summed E-state index contributed by atoms with van der Waals surface area (Å²) >= 11 is 0. The molecule has 0 saturated heterocycles. The molecule has 0 aromatic heterocycles. The summed E-state index contributed by atoms with van der Waals surface area (Å²) < 4.78 is 0. The quantitative estimate of drug-likeness (QED) is 0.735. The van der Waals surface area contributed by atoms with Crippen LogP contribution in [-0.2, 0) is 0 Å². The monoisotopic (exact) mass is 260 g/mol. The zero-order chi connectivity index (χ0) is 13.8. The first-order valence-corrected chi connectivity index (χ1v) is 6.95. The zero-order valence-electron chi connectivity index (χ0n) is 11.4. The Hall–Kier alpha value is -2.12. The van der Waals surface area contributed by atoms with Gasteiger partial charge in [0.2, 0.25) is 0 Å². The van der Waals surface area contributed by atoms with Crippen LogP contribution < -0.4 is 5.73 Å². The molecule has 0 spiro atoms. The molecule has 20 heavy (non-hydrogen) atoms. The molecule has 0 aliphatic rings. The first kappa shape index (κ1) is 12.9. The van der Waals surface area contributed by atoms with Gasteiger partial charge in [-0.2, -0.15) is 0 Å². The molecule has 2 N–H and O–H groups in total. The average Bonchev–Trinajstić information content (AvgIpc) is 2.53. The fraction of sp³-hybridized carbons (Fsp3) is 0.105. The summed E-state index contributed by atoms with van der Waals surface area (Å²) in [5.74, 6) is 0. The van der Waals surface area contributed by atoms with Gasteiger partial charge in [0.15, 0.2) is 0 Å². The Kier molecular flexibility index (Phi) is 3.80. The van der Waals surface area contributed by atoms with Gasteiger partial charge in [0, 0.05) is 6.04 Å². The topological polar surface area (TPSA) is 26.0 Å². The molecule has 1 nitrogen and oxygen atoms in total. The molecule has 1 atom stereocenters. The van der Waals surface area contributed by atoms with Gasteiger partial charge in [0.1, 0.15) is 0 Å². The predicted octanol–water partition coefficient (Wildman–Crippen LogP) is 4.48. The number of hydrogen-bond donors (Lipinski definition) is 1. The molecule has 0 saturated carbocycles. The first-order chi connectivity index (χ1) is 9.83. The number of fused-ring (bicyclic) bond motifs is 1. The summed E-state index contributed by atoms with van der Waals surface area (Å²) in [6.45, 7) is 0. The average molecular weight is 260 g/mol. The fourth-order valence-electron chi connectivity index (χ4n) is 2.43. The van der Waals surface area contributed by atoms with E-state index in [2.05, 4.69) is 61.0 Å². The van der Waals surface area contributed by atoms with Gasteiger partial charge < -0.3 is 5.73 Å². The van der Waals surface area contributed by atoms with E-state index in [0.717, 1.165) is 6.42 Å². The highest BCUT2D eigenvalue weighted by Crippen LogP contribution is 2.21. The smallest absolute Gasteiger partial charge is 0.0300 e. The van der Waals surface area contributed by atoms with E-state index in [1.165, 1.54) is 21.9 Å². The molecule has 3 aromatic carbocycles. The minimum Gasteiger partial charge on any atom is -0.324 e. The highest BCUT2D eigenvalue weighted by molar-refractivity contribution is 5.83. The minimum absolute atomic E-state index is 0.0580. The number of nitrogens with two attached hydrogens (primary N) is 1. The van der Waals surface area contributed by atoms with Crippen molar-refractivity contribution >= 4 is 10.8 Å². The van der Waals surface area contributed by atoms with Crippen LogP contribution >= 0.6 is 0 Å². The Morgan fingerprint density at radius 1 is 0.800 bits per heavy atom. The van der Waals surface area contributed by atoms with Crippen molar-refractivity contribution < 1.29 is 0 Å². The molecular formula is C19H18N. The van der Waals surface area contributed by atoms with Gasteiger partial charge in [0.05, 0.1) is 0 Å². The Balaban J connectivity index is 1.70. The van der Waals surface area contributed by atoms with Crippen LogP contribution in [0.15, 0.2) is 72.8 Å². The second-order valence-corrected chi connectivity index (χ2v) is 5.06. The van der Waals surface area contributed by atoms with Crippen molar-refractivity contribution in [1.29, 1.82) is 0 Å². The van der Waals surface area contributed by atoms with Gasteiger partial charge in [-0.05, 0) is 34.7 Å². The summed E-state index contributed by atoms with van der Waals surface area (Å²) in [6.07, 6.45) is 3.06. The van der Waals surface area contributed by atoms with Gasteiger partial charge >= 0.3 is 0 Å². The molecule has 1 heteroatoms. The molecule has 0 amide bonds. The molecule has 0 bridgehead atoms. The van der Waals surface area contributed by atoms with Crippen molar-refractivity contribution in [2.75, 3.05) is 0 Å². The van der Waals surface area contributed by atoms with Crippen LogP contribution in [0.3, 0.4) is 0 Å². The summed E-state index contributed by atoms with van der Waals surface area (Å²) in [5.41, 5.74) is 8.64. The largest absolute Gasteiger partial charge is 0.324 e. The fourth-order valence-corrected chi connectivity index (χ4v) is 2.43. The molecule has 0 aliphatic heterocycles. The van der Waals surface area contributed by atoms with Crippen LogP contribution in [0.2, 0.25) is 0 Å². The van der Waals surface area contributed by atoms with Crippen LogP contribution in [0, 0.1) is 6.42 Å². The lowest BCUT2D eigenvalue weighted by molar-refractivity contribution is 0.718. The third kappa shape index (κ3) is 2.89. The maximum atomic E-state index is 6.22. The van der Waals surface area contributed by atoms with Gasteiger partial charge in [-0.15, -0.1) is 0 Å². The summed E-state index contributed by atoms with van der Waals surface area (Å²) in [5, 5.41) is 2.55. The van der Waals surface area contributed by atoms with Gasteiger partial charge in [0.25, 0.3) is 0 Å². The van der Waals surface area contributed by atoms with Crippen molar-refractivity contribution in [2.24, 2.45) is 5.73 Å². The maximum absolute atomic E-state index is 6.22. The second-order valence-electron chi connectivity index (χ2n) is 5.06. The lowest BCUT2D eigenvalue weighted by atomic mass is 9.98. The number of hydrogen-bond acceptors (Lipinski definition) is 1. The summed E-state index contributed by atoms with van der Waals surface area (Å²) in [7, 11) is 0. The van der Waals surface area contributed by atoms with E-state index in [1.54, 1.807) is 0 Å². The van der Waals surface area contributed by atoms with Crippen molar-refractivity contribution in [3.63, 3.8) is 0 Å². The maximum Gasteiger partial charge on any atom is 0.0300 e. The number of benzene rings is 3. The van der Waals surface area contributed by atoms with E-state index in [4.69, 9.17) is 5.73 Å². The van der Waals surface area contributed by atoms with Crippen LogP contribution in [-0.4, -0.2) is 0 Å². The molecule has 0 heterocycles. The summed E-state index contributed by atoms with van der Waals surface area (Å²) in [6, 6.07) is 25.2. The molecular weight excluding hydrogens is 242 g/mol. The molecule has 99 valence electrons. The van der Waals surface area contributed by atoms with Crippen LogP contribution in [0.1, 0.15) is 23.6 Å². The van der Waals surface area contributed by atoms with E-state index in [0.29, 0.717) is 0 Å². The van der Waals surface area contributed by atoms with Crippen molar-refractivity contribution in [2.45, 2.75) is 12.5 Å². The van der Waals surface area contributed by atoms with E-state index >= 15 is 0 Å². The predicted molar refractivity (Wildman–Crippen MR) is 85.3 cm³/mol. The Labute approximate surface area is 120 Å². The Morgan fingerprint density at radius 2 is 1.50 bits per heavy atom. The molecule has 0 aliphatic carbocycles. The lowest BCUT2D eigenvalue weighted by Gasteiger charge is -2.12. The second kappa shape index (κ2) is 5.89. The van der Waals surface area contributed by atoms with Gasteiger partial charge in [-0.3, -0.25) is 0 Å². The van der Waals surface area contributed by atoms with Crippen molar-refractivity contribution in [3.05, 3.63) is 90.3 Å². The van der Waals surface area contributed by atoms with Crippen molar-refractivity contribution in [3.8, 4) is 0 Å². The molecule has 3 rings (SSSR count). The molecule has 1 unspecified atom stereocenters. The SMILES string of the molecule is NC(C[CH]c1ccc2ccccc2c1)c1ccccc1. The lowest BCUT2D eigenvalue weighted by Crippen LogP contribution is -2.10. The molecule has 3 aromatic rings. The normalized spacial score (nSPS) is 12.4. The standard InChI is InChI=1S/C19H18N/c20-19(17-7-2-1-3-8-17)13-11-15-10-12-16-6-4-5-9-18(16)14-15/h1-12,14,19H,13,20H2. The Morgan fingerprint density at radius 3 is 2.30 bits per heavy atom. The highest BCUT2D eigenvalue weighted by Gasteiger charge is 2.06. The number of rotatable bonds is 4. The van der Waals surface area contributed by atoms with E-state index in [9.17, 15) is 0 Å². The van der Waals surface area contributed by atoms with Gasteiger partial charge in [-0.1, -0.05) is 72.8 Å². The van der Waals surface area contributed by atoms with Crippen molar-refractivity contribution in [1.82, 2.24) is 0 Å². The van der Waals surface area contributed by atoms with E-state index in [-0.39, 0.29) is 6.04 Å². The third-order valence-electron chi connectivity index (χ3n) is 3.61. The van der Waals surface area contributed by atoms with E-state index in [1.807, 2.05) is 18.2 Å². The molecule has 0 fully saturated rings. The van der Waals surface area contributed by atoms with Crippen LogP contribution in [0.25, 0.3) is 10.8 Å². The highest BCUT2D eigenvalue weighted by atomic mass is 14.6. The first-order valence-electron chi connectivity index (χ1n) is 6.95. The van der Waals surface area contributed by atoms with Gasteiger partial charge in [-0.25, -0.2) is 0 Å². The van der Waals surface area contributed by atoms with E-state index < -0.39 is 0 Å².